The Hall–Kier alpha value is -1.76. The summed E-state index contributed by atoms with van der Waals surface area (Å²) in [6.45, 7) is 8.34. The molecule has 0 unspecified atom stereocenters. The molecule has 1 aromatic carbocycles. The lowest BCUT2D eigenvalue weighted by Crippen LogP contribution is -1.93. The topological polar surface area (TPSA) is 12.0 Å². The van der Waals surface area contributed by atoms with Crippen molar-refractivity contribution in [3.63, 3.8) is 0 Å². The van der Waals surface area contributed by atoms with Crippen LogP contribution >= 0.6 is 0 Å². The molecule has 0 saturated carbocycles. The first-order valence-electron chi connectivity index (χ1n) is 5.42. The quantitative estimate of drug-likeness (QED) is 0.751. The first kappa shape index (κ1) is 12.3. The Balaban J connectivity index is 2.94. The van der Waals surface area contributed by atoms with Crippen molar-refractivity contribution in [1.29, 1.82) is 0 Å². The fraction of sp³-hybridized carbons (Fsp3) is 0.200. The van der Waals surface area contributed by atoms with Gasteiger partial charge in [0.05, 0.1) is 0 Å². The lowest BCUT2D eigenvalue weighted by atomic mass is 9.97. The maximum absolute atomic E-state index is 4.14. The second-order valence-electron chi connectivity index (χ2n) is 3.77. The standard InChI is InChI=1S/C15H19N/c1-12(10-11-16-4)13(2)14(3)15-8-6-5-7-9-15/h5-11,16H,3H2,1-2,4H3/b11-10-,13-12-. The molecule has 1 N–H and O–H groups in total. The van der Waals surface area contributed by atoms with Gasteiger partial charge < -0.3 is 5.32 Å². The Bertz CT molecular complexity index is 410. The molecule has 84 valence electrons. The normalized spacial score (nSPS) is 12.4. The van der Waals surface area contributed by atoms with Gasteiger partial charge >= 0.3 is 0 Å². The van der Waals surface area contributed by atoms with Crippen molar-refractivity contribution in [2.75, 3.05) is 7.05 Å². The molecule has 0 saturated heterocycles. The molecule has 1 nitrogen and oxygen atoms in total. The van der Waals surface area contributed by atoms with Crippen molar-refractivity contribution in [3.05, 3.63) is 65.9 Å². The minimum atomic E-state index is 1.08. The minimum Gasteiger partial charge on any atom is -0.394 e. The van der Waals surface area contributed by atoms with Crippen LogP contribution in [0.5, 0.6) is 0 Å². The van der Waals surface area contributed by atoms with Gasteiger partial charge in [0.25, 0.3) is 0 Å². The summed E-state index contributed by atoms with van der Waals surface area (Å²) in [5, 5.41) is 2.99. The summed E-state index contributed by atoms with van der Waals surface area (Å²) in [7, 11) is 1.89. The fourth-order valence-electron chi connectivity index (χ4n) is 1.43. The van der Waals surface area contributed by atoms with E-state index >= 15 is 0 Å². The maximum Gasteiger partial charge on any atom is 0.00277 e. The number of rotatable bonds is 4. The van der Waals surface area contributed by atoms with Crippen LogP contribution in [-0.4, -0.2) is 7.05 Å². The van der Waals surface area contributed by atoms with Crippen LogP contribution in [0.4, 0.5) is 0 Å². The first-order chi connectivity index (χ1) is 7.66. The van der Waals surface area contributed by atoms with E-state index in [1.54, 1.807) is 0 Å². The molecule has 0 radical (unpaired) electrons. The van der Waals surface area contributed by atoms with E-state index < -0.39 is 0 Å². The smallest absolute Gasteiger partial charge is 0.00277 e. The predicted molar refractivity (Wildman–Crippen MR) is 72.0 cm³/mol. The molecular weight excluding hydrogens is 194 g/mol. The van der Waals surface area contributed by atoms with Crippen molar-refractivity contribution >= 4 is 5.57 Å². The molecule has 0 aliphatic carbocycles. The van der Waals surface area contributed by atoms with Gasteiger partial charge in [0.1, 0.15) is 0 Å². The van der Waals surface area contributed by atoms with Gasteiger partial charge in [0.2, 0.25) is 0 Å². The van der Waals surface area contributed by atoms with Gasteiger partial charge in [-0.2, -0.15) is 0 Å². The van der Waals surface area contributed by atoms with E-state index in [4.69, 9.17) is 0 Å². The Labute approximate surface area is 98.2 Å². The summed E-state index contributed by atoms with van der Waals surface area (Å²) in [6.07, 6.45) is 3.99. The average molecular weight is 213 g/mol. The molecule has 1 heteroatoms. The molecule has 16 heavy (non-hydrogen) atoms. The summed E-state index contributed by atoms with van der Waals surface area (Å²) in [5.74, 6) is 0. The third-order valence-electron chi connectivity index (χ3n) is 2.67. The maximum atomic E-state index is 4.14. The van der Waals surface area contributed by atoms with Gasteiger partial charge in [-0.05, 0) is 48.4 Å². The first-order valence-corrected chi connectivity index (χ1v) is 5.42. The van der Waals surface area contributed by atoms with Crippen LogP contribution in [0.15, 0.2) is 60.3 Å². The average Bonchev–Trinajstić information content (AvgIpc) is 2.35. The van der Waals surface area contributed by atoms with Crippen molar-refractivity contribution in [1.82, 2.24) is 5.32 Å². The van der Waals surface area contributed by atoms with Crippen LogP contribution in [0.25, 0.3) is 5.57 Å². The highest BCUT2D eigenvalue weighted by molar-refractivity contribution is 5.77. The summed E-state index contributed by atoms with van der Waals surface area (Å²) in [5.41, 5.74) is 4.71. The van der Waals surface area contributed by atoms with Gasteiger partial charge in [-0.3, -0.25) is 0 Å². The zero-order chi connectivity index (χ0) is 12.0. The number of benzene rings is 1. The van der Waals surface area contributed by atoms with E-state index in [1.165, 1.54) is 16.7 Å². The van der Waals surface area contributed by atoms with Crippen molar-refractivity contribution < 1.29 is 0 Å². The highest BCUT2D eigenvalue weighted by atomic mass is 14.8. The Morgan fingerprint density at radius 3 is 2.38 bits per heavy atom. The molecule has 1 aromatic rings. The van der Waals surface area contributed by atoms with Gasteiger partial charge in [0, 0.05) is 7.05 Å². The summed E-state index contributed by atoms with van der Waals surface area (Å²) in [6, 6.07) is 10.3. The largest absolute Gasteiger partial charge is 0.394 e. The van der Waals surface area contributed by atoms with Gasteiger partial charge in [-0.1, -0.05) is 36.9 Å². The Kier molecular flexibility index (Phi) is 4.59. The van der Waals surface area contributed by atoms with Crippen LogP contribution < -0.4 is 5.32 Å². The molecule has 0 spiro atoms. The number of hydrogen-bond acceptors (Lipinski definition) is 1. The predicted octanol–water partition coefficient (Wildman–Crippen LogP) is 3.77. The van der Waals surface area contributed by atoms with E-state index in [0.717, 1.165) is 5.57 Å². The number of nitrogens with one attached hydrogen (secondary N) is 1. The highest BCUT2D eigenvalue weighted by Gasteiger charge is 2.02. The molecule has 0 bridgehead atoms. The van der Waals surface area contributed by atoms with E-state index in [1.807, 2.05) is 31.4 Å². The summed E-state index contributed by atoms with van der Waals surface area (Å²) >= 11 is 0. The Morgan fingerprint density at radius 1 is 1.19 bits per heavy atom. The van der Waals surface area contributed by atoms with Gasteiger partial charge in [-0.25, -0.2) is 0 Å². The molecule has 0 heterocycles. The third-order valence-corrected chi connectivity index (χ3v) is 2.67. The monoisotopic (exact) mass is 213 g/mol. The molecule has 0 aliphatic heterocycles. The lowest BCUT2D eigenvalue weighted by molar-refractivity contribution is 1.10. The van der Waals surface area contributed by atoms with Gasteiger partial charge in [0.15, 0.2) is 0 Å². The molecule has 0 aromatic heterocycles. The molecule has 0 amide bonds. The van der Waals surface area contributed by atoms with Crippen molar-refractivity contribution in [2.24, 2.45) is 0 Å². The second kappa shape index (κ2) is 5.96. The summed E-state index contributed by atoms with van der Waals surface area (Å²) in [4.78, 5) is 0. The van der Waals surface area contributed by atoms with E-state index in [2.05, 4.69) is 44.0 Å². The third kappa shape index (κ3) is 3.13. The molecule has 0 aliphatic rings. The SMILES string of the molecule is C=C(/C(C)=C(C)\C=C/NC)c1ccccc1. The summed E-state index contributed by atoms with van der Waals surface area (Å²) < 4.78 is 0. The van der Waals surface area contributed by atoms with E-state index in [0.29, 0.717) is 0 Å². The lowest BCUT2D eigenvalue weighted by Gasteiger charge is -2.08. The highest BCUT2D eigenvalue weighted by Crippen LogP contribution is 2.23. The van der Waals surface area contributed by atoms with Gasteiger partial charge in [-0.15, -0.1) is 0 Å². The molecule has 0 atom stereocenters. The minimum absolute atomic E-state index is 1.08. The van der Waals surface area contributed by atoms with E-state index in [-0.39, 0.29) is 0 Å². The Morgan fingerprint density at radius 2 is 1.81 bits per heavy atom. The number of hydrogen-bond donors (Lipinski definition) is 1. The zero-order valence-corrected chi connectivity index (χ0v) is 10.2. The zero-order valence-electron chi connectivity index (χ0n) is 10.2. The molecule has 1 rings (SSSR count). The fourth-order valence-corrected chi connectivity index (χ4v) is 1.43. The van der Waals surface area contributed by atoms with E-state index in [9.17, 15) is 0 Å². The van der Waals surface area contributed by atoms with Crippen LogP contribution in [0.1, 0.15) is 19.4 Å². The molecule has 0 fully saturated rings. The van der Waals surface area contributed by atoms with Crippen LogP contribution in [0, 0.1) is 0 Å². The second-order valence-corrected chi connectivity index (χ2v) is 3.77. The van der Waals surface area contributed by atoms with Crippen LogP contribution in [-0.2, 0) is 0 Å². The van der Waals surface area contributed by atoms with Crippen molar-refractivity contribution in [2.45, 2.75) is 13.8 Å². The molecular formula is C15H19N. The number of allylic oxidation sites excluding steroid dienone is 4. The van der Waals surface area contributed by atoms with Crippen LogP contribution in [0.3, 0.4) is 0 Å². The van der Waals surface area contributed by atoms with Crippen molar-refractivity contribution in [3.8, 4) is 0 Å². The van der Waals surface area contributed by atoms with Crippen LogP contribution in [0.2, 0.25) is 0 Å².